The van der Waals surface area contributed by atoms with E-state index in [4.69, 9.17) is 16.3 Å². The molecule has 0 aromatic heterocycles. The summed E-state index contributed by atoms with van der Waals surface area (Å²) >= 11 is 5.95. The average Bonchev–Trinajstić information content (AvgIpc) is 3.02. The summed E-state index contributed by atoms with van der Waals surface area (Å²) in [5.74, 6) is 3.36. The molecule has 2 fully saturated rings. The van der Waals surface area contributed by atoms with E-state index in [9.17, 15) is 4.79 Å². The number of hydrogen-bond donors (Lipinski definition) is 0. The Morgan fingerprint density at radius 1 is 1.07 bits per heavy atom. The largest absolute Gasteiger partial charge is 0.489 e. The van der Waals surface area contributed by atoms with Crippen molar-refractivity contribution < 1.29 is 9.53 Å². The van der Waals surface area contributed by atoms with E-state index in [-0.39, 0.29) is 5.41 Å². The van der Waals surface area contributed by atoms with Crippen molar-refractivity contribution in [3.8, 4) is 5.75 Å². The van der Waals surface area contributed by atoms with Crippen molar-refractivity contribution >= 4 is 17.4 Å². The van der Waals surface area contributed by atoms with Gasteiger partial charge in [-0.25, -0.2) is 0 Å². The van der Waals surface area contributed by atoms with Gasteiger partial charge in [0.2, 0.25) is 0 Å². The van der Waals surface area contributed by atoms with Gasteiger partial charge in [-0.3, -0.25) is 4.79 Å². The summed E-state index contributed by atoms with van der Waals surface area (Å²) in [5.41, 5.74) is 4.04. The maximum Gasteiger partial charge on any atom is 0.139 e. The molecule has 28 heavy (non-hydrogen) atoms. The normalized spacial score (nSPS) is 31.1. The molecule has 2 saturated carbocycles. The molecule has 2 aromatic rings. The SMILES string of the molecule is C[C@]12CC[C@@H]3c4ccc(OCc5ccc(Cl)cc5)cc4CC[C@H]3[C@H]1CCC2=O. The Morgan fingerprint density at radius 3 is 2.71 bits per heavy atom. The zero-order chi connectivity index (χ0) is 19.3. The number of aryl methyl sites for hydroxylation is 1. The van der Waals surface area contributed by atoms with Gasteiger partial charge < -0.3 is 4.74 Å². The molecule has 0 unspecified atom stereocenters. The van der Waals surface area contributed by atoms with Crippen molar-refractivity contribution in [1.82, 2.24) is 0 Å². The molecule has 0 N–H and O–H groups in total. The molecule has 5 rings (SSSR count). The second-order valence-corrected chi connectivity index (χ2v) is 9.55. The highest BCUT2D eigenvalue weighted by Gasteiger charge is 2.54. The van der Waals surface area contributed by atoms with Crippen LogP contribution in [0, 0.1) is 17.3 Å². The highest BCUT2D eigenvalue weighted by molar-refractivity contribution is 6.30. The molecule has 0 bridgehead atoms. The fourth-order valence-electron chi connectivity index (χ4n) is 6.17. The Bertz CT molecular complexity index is 903. The van der Waals surface area contributed by atoms with Crippen molar-refractivity contribution in [1.29, 1.82) is 0 Å². The molecule has 0 radical (unpaired) electrons. The average molecular weight is 395 g/mol. The van der Waals surface area contributed by atoms with Crippen LogP contribution in [0.15, 0.2) is 42.5 Å². The number of fused-ring (bicyclic) bond motifs is 5. The molecule has 146 valence electrons. The number of carbonyl (C=O) groups is 1. The standard InChI is InChI=1S/C25H27ClO2/c1-25-13-12-21-20-9-7-19(28-15-16-2-5-18(26)6-3-16)14-17(20)4-8-22(21)23(25)10-11-24(25)27/h2-3,5-7,9,14,21-23H,4,8,10-13,15H2,1H3/t21-,22-,23-,25+/m1/s1. The van der Waals surface area contributed by atoms with Crippen LogP contribution in [0.25, 0.3) is 0 Å². The van der Waals surface area contributed by atoms with Crippen LogP contribution in [0.3, 0.4) is 0 Å². The van der Waals surface area contributed by atoms with Gasteiger partial charge in [-0.05, 0) is 90.8 Å². The number of Topliss-reactive ketones (excluding diaryl/α,β-unsaturated/α-hetero) is 1. The molecule has 0 saturated heterocycles. The predicted octanol–water partition coefficient (Wildman–Crippen LogP) is 6.34. The lowest BCUT2D eigenvalue weighted by atomic mass is 9.55. The van der Waals surface area contributed by atoms with Gasteiger partial charge in [-0.2, -0.15) is 0 Å². The summed E-state index contributed by atoms with van der Waals surface area (Å²) in [4.78, 5) is 12.5. The van der Waals surface area contributed by atoms with Gasteiger partial charge in [0.15, 0.2) is 0 Å². The lowest BCUT2D eigenvalue weighted by molar-refractivity contribution is -0.129. The molecule has 0 amide bonds. The van der Waals surface area contributed by atoms with Crippen molar-refractivity contribution in [2.75, 3.05) is 0 Å². The minimum Gasteiger partial charge on any atom is -0.489 e. The van der Waals surface area contributed by atoms with Crippen LogP contribution in [0.2, 0.25) is 5.02 Å². The highest BCUT2D eigenvalue weighted by Crippen LogP contribution is 2.59. The lowest BCUT2D eigenvalue weighted by Crippen LogP contribution is -2.42. The van der Waals surface area contributed by atoms with Crippen LogP contribution < -0.4 is 4.74 Å². The fourth-order valence-corrected chi connectivity index (χ4v) is 6.29. The number of ketones is 1. The summed E-state index contributed by atoms with van der Waals surface area (Å²) in [6, 6.07) is 14.5. The van der Waals surface area contributed by atoms with Gasteiger partial charge in [-0.15, -0.1) is 0 Å². The molecular weight excluding hydrogens is 368 g/mol. The van der Waals surface area contributed by atoms with Crippen LogP contribution in [-0.4, -0.2) is 5.78 Å². The third-order valence-electron chi connectivity index (χ3n) is 7.73. The van der Waals surface area contributed by atoms with Crippen LogP contribution in [-0.2, 0) is 17.8 Å². The summed E-state index contributed by atoms with van der Waals surface area (Å²) in [7, 11) is 0. The first kappa shape index (κ1) is 18.2. The van der Waals surface area contributed by atoms with Gasteiger partial charge in [0.05, 0.1) is 0 Å². The minimum absolute atomic E-state index is 0.0414. The first-order chi connectivity index (χ1) is 13.5. The van der Waals surface area contributed by atoms with Crippen LogP contribution in [0.4, 0.5) is 0 Å². The van der Waals surface area contributed by atoms with Crippen LogP contribution in [0.5, 0.6) is 5.75 Å². The van der Waals surface area contributed by atoms with E-state index in [0.29, 0.717) is 30.1 Å². The number of carbonyl (C=O) groups excluding carboxylic acids is 1. The van der Waals surface area contributed by atoms with Crippen LogP contribution in [0.1, 0.15) is 61.6 Å². The lowest BCUT2D eigenvalue weighted by Gasteiger charge is -2.48. The second kappa shape index (κ2) is 6.91. The number of rotatable bonds is 3. The smallest absolute Gasteiger partial charge is 0.139 e. The number of hydrogen-bond acceptors (Lipinski definition) is 2. The van der Waals surface area contributed by atoms with Crippen molar-refractivity contribution in [2.45, 2.75) is 58.0 Å². The molecule has 2 nitrogen and oxygen atoms in total. The Labute approximate surface area is 172 Å². The Kier molecular flexibility index (Phi) is 4.50. The molecular formula is C25H27ClO2. The van der Waals surface area contributed by atoms with Gasteiger partial charge in [0, 0.05) is 16.9 Å². The van der Waals surface area contributed by atoms with Crippen molar-refractivity contribution in [2.24, 2.45) is 17.3 Å². The zero-order valence-corrected chi connectivity index (χ0v) is 17.2. The zero-order valence-electron chi connectivity index (χ0n) is 16.4. The van der Waals surface area contributed by atoms with E-state index < -0.39 is 0 Å². The third-order valence-corrected chi connectivity index (χ3v) is 7.98. The Hall–Kier alpha value is -1.80. The second-order valence-electron chi connectivity index (χ2n) is 9.11. The molecule has 3 aliphatic rings. The van der Waals surface area contributed by atoms with E-state index in [2.05, 4.69) is 25.1 Å². The molecule has 0 heterocycles. The van der Waals surface area contributed by atoms with E-state index in [0.717, 1.165) is 48.4 Å². The first-order valence-electron chi connectivity index (χ1n) is 10.6. The number of ether oxygens (including phenoxy) is 1. The minimum atomic E-state index is -0.0414. The molecule has 4 atom stereocenters. The topological polar surface area (TPSA) is 26.3 Å². The van der Waals surface area contributed by atoms with Gasteiger partial charge in [0.1, 0.15) is 18.1 Å². The molecule has 2 aromatic carbocycles. The maximum absolute atomic E-state index is 12.5. The summed E-state index contributed by atoms with van der Waals surface area (Å²) in [6.07, 6.45) is 6.44. The quantitative estimate of drug-likeness (QED) is 0.606. The van der Waals surface area contributed by atoms with E-state index >= 15 is 0 Å². The molecule has 0 aliphatic heterocycles. The van der Waals surface area contributed by atoms with Crippen LogP contribution >= 0.6 is 11.6 Å². The van der Waals surface area contributed by atoms with Crippen molar-refractivity contribution in [3.63, 3.8) is 0 Å². The number of halogens is 1. The van der Waals surface area contributed by atoms with E-state index in [1.165, 1.54) is 17.5 Å². The Balaban J connectivity index is 1.33. The maximum atomic E-state index is 12.5. The van der Waals surface area contributed by atoms with Crippen molar-refractivity contribution in [3.05, 3.63) is 64.2 Å². The van der Waals surface area contributed by atoms with Gasteiger partial charge in [-0.1, -0.05) is 36.7 Å². The highest BCUT2D eigenvalue weighted by atomic mass is 35.5. The monoisotopic (exact) mass is 394 g/mol. The van der Waals surface area contributed by atoms with Gasteiger partial charge in [0.25, 0.3) is 0 Å². The predicted molar refractivity (Wildman–Crippen MR) is 112 cm³/mol. The third kappa shape index (κ3) is 2.97. The molecule has 3 heteroatoms. The van der Waals surface area contributed by atoms with Gasteiger partial charge >= 0.3 is 0 Å². The first-order valence-corrected chi connectivity index (χ1v) is 11.0. The number of benzene rings is 2. The molecule has 3 aliphatic carbocycles. The van der Waals surface area contributed by atoms with E-state index in [1.54, 1.807) is 0 Å². The summed E-state index contributed by atoms with van der Waals surface area (Å²) < 4.78 is 6.05. The summed E-state index contributed by atoms with van der Waals surface area (Å²) in [6.45, 7) is 2.80. The Morgan fingerprint density at radius 2 is 1.89 bits per heavy atom. The fraction of sp³-hybridized carbons (Fsp3) is 0.480. The summed E-state index contributed by atoms with van der Waals surface area (Å²) in [5, 5.41) is 0.750. The van der Waals surface area contributed by atoms with E-state index in [1.807, 2.05) is 24.3 Å². The molecule has 0 spiro atoms.